The first-order chi connectivity index (χ1) is 8.72. The van der Waals surface area contributed by atoms with Gasteiger partial charge in [-0.15, -0.1) is 0 Å². The second kappa shape index (κ2) is 9.09. The van der Waals surface area contributed by atoms with Crippen LogP contribution >= 0.6 is 0 Å². The van der Waals surface area contributed by atoms with Gasteiger partial charge in [-0.05, 0) is 31.7 Å². The Hall–Kier alpha value is -0.900. The maximum atomic E-state index is 6.10. The third kappa shape index (κ3) is 6.74. The highest BCUT2D eigenvalue weighted by atomic mass is 16.5. The van der Waals surface area contributed by atoms with Gasteiger partial charge in [-0.25, -0.2) is 0 Å². The zero-order chi connectivity index (χ0) is 13.2. The molecule has 0 saturated carbocycles. The molecule has 2 N–H and O–H groups in total. The van der Waals surface area contributed by atoms with Gasteiger partial charge in [-0.1, -0.05) is 29.8 Å². The van der Waals surface area contributed by atoms with E-state index in [1.54, 1.807) is 7.11 Å². The number of aryl methyl sites for hydroxylation is 1. The molecule has 1 rings (SSSR count). The topological polar surface area (TPSA) is 44.5 Å². The Morgan fingerprint density at radius 2 is 1.83 bits per heavy atom. The van der Waals surface area contributed by atoms with Crippen LogP contribution in [0.3, 0.4) is 0 Å². The monoisotopic (exact) mass is 251 g/mol. The van der Waals surface area contributed by atoms with Gasteiger partial charge in [0.1, 0.15) is 0 Å². The lowest BCUT2D eigenvalue weighted by atomic mass is 10.0. The summed E-state index contributed by atoms with van der Waals surface area (Å²) in [7, 11) is 1.68. The van der Waals surface area contributed by atoms with Crippen molar-refractivity contribution in [3.8, 4) is 0 Å². The molecule has 18 heavy (non-hydrogen) atoms. The van der Waals surface area contributed by atoms with Crippen molar-refractivity contribution in [3.63, 3.8) is 0 Å². The first-order valence-electron chi connectivity index (χ1n) is 6.60. The van der Waals surface area contributed by atoms with Crippen molar-refractivity contribution in [1.82, 2.24) is 0 Å². The standard InChI is InChI=1S/C15H25NO2/c1-13-5-7-14(8-6-13)12-15(16)4-3-9-18-11-10-17-2/h5-8,15H,3-4,9-12,16H2,1-2H3. The minimum Gasteiger partial charge on any atom is -0.382 e. The molecule has 0 aliphatic carbocycles. The highest BCUT2D eigenvalue weighted by Crippen LogP contribution is 2.08. The Balaban J connectivity index is 2.10. The third-order valence-corrected chi connectivity index (χ3v) is 2.91. The molecular formula is C15H25NO2. The van der Waals surface area contributed by atoms with Crippen LogP contribution in [0.5, 0.6) is 0 Å². The number of benzene rings is 1. The van der Waals surface area contributed by atoms with Crippen LogP contribution in [0.15, 0.2) is 24.3 Å². The van der Waals surface area contributed by atoms with E-state index in [1.807, 2.05) is 0 Å². The molecule has 1 aromatic rings. The fourth-order valence-electron chi connectivity index (χ4n) is 1.82. The number of ether oxygens (including phenoxy) is 2. The highest BCUT2D eigenvalue weighted by Gasteiger charge is 2.03. The van der Waals surface area contributed by atoms with E-state index < -0.39 is 0 Å². The first-order valence-corrected chi connectivity index (χ1v) is 6.60. The molecule has 0 fully saturated rings. The lowest BCUT2D eigenvalue weighted by Crippen LogP contribution is -2.23. The Morgan fingerprint density at radius 1 is 1.11 bits per heavy atom. The summed E-state index contributed by atoms with van der Waals surface area (Å²) in [6.07, 6.45) is 2.95. The summed E-state index contributed by atoms with van der Waals surface area (Å²) < 4.78 is 10.3. The molecular weight excluding hydrogens is 226 g/mol. The lowest BCUT2D eigenvalue weighted by molar-refractivity contribution is 0.0682. The molecule has 3 nitrogen and oxygen atoms in total. The second-order valence-electron chi connectivity index (χ2n) is 4.70. The van der Waals surface area contributed by atoms with Crippen molar-refractivity contribution < 1.29 is 9.47 Å². The average Bonchev–Trinajstić information content (AvgIpc) is 2.36. The van der Waals surface area contributed by atoms with Gasteiger partial charge < -0.3 is 15.2 Å². The van der Waals surface area contributed by atoms with Gasteiger partial charge in [0.15, 0.2) is 0 Å². The molecule has 1 unspecified atom stereocenters. The van der Waals surface area contributed by atoms with Crippen molar-refractivity contribution in [2.75, 3.05) is 26.9 Å². The first kappa shape index (κ1) is 15.2. The van der Waals surface area contributed by atoms with Crippen molar-refractivity contribution in [2.24, 2.45) is 5.73 Å². The molecule has 1 aromatic carbocycles. The second-order valence-corrected chi connectivity index (χ2v) is 4.70. The predicted octanol–water partition coefficient (Wildman–Crippen LogP) is 2.31. The summed E-state index contributed by atoms with van der Waals surface area (Å²) in [5.41, 5.74) is 8.71. The average molecular weight is 251 g/mol. The third-order valence-electron chi connectivity index (χ3n) is 2.91. The van der Waals surface area contributed by atoms with Gasteiger partial charge in [0, 0.05) is 19.8 Å². The SMILES string of the molecule is COCCOCCCC(N)Cc1ccc(C)cc1. The van der Waals surface area contributed by atoms with E-state index >= 15 is 0 Å². The summed E-state index contributed by atoms with van der Waals surface area (Å²) in [5, 5.41) is 0. The van der Waals surface area contributed by atoms with Crippen molar-refractivity contribution in [3.05, 3.63) is 35.4 Å². The number of rotatable bonds is 9. The van der Waals surface area contributed by atoms with E-state index in [4.69, 9.17) is 15.2 Å². The Kier molecular flexibility index (Phi) is 7.65. The summed E-state index contributed by atoms with van der Waals surface area (Å²) in [5.74, 6) is 0. The maximum absolute atomic E-state index is 6.10. The van der Waals surface area contributed by atoms with Crippen molar-refractivity contribution >= 4 is 0 Å². The number of methoxy groups -OCH3 is 1. The molecule has 0 spiro atoms. The van der Waals surface area contributed by atoms with Crippen LogP contribution in [0, 0.1) is 6.92 Å². The van der Waals surface area contributed by atoms with Gasteiger partial charge >= 0.3 is 0 Å². The predicted molar refractivity (Wildman–Crippen MR) is 74.8 cm³/mol. The Bertz CT molecular complexity index is 311. The lowest BCUT2D eigenvalue weighted by Gasteiger charge is -2.12. The van der Waals surface area contributed by atoms with Crippen LogP contribution < -0.4 is 5.73 Å². The quantitative estimate of drug-likeness (QED) is 0.685. The summed E-state index contributed by atoms with van der Waals surface area (Å²) >= 11 is 0. The molecule has 102 valence electrons. The van der Waals surface area contributed by atoms with Gasteiger partial charge in [-0.3, -0.25) is 0 Å². The zero-order valence-electron chi connectivity index (χ0n) is 11.5. The van der Waals surface area contributed by atoms with E-state index in [1.165, 1.54) is 11.1 Å². The summed E-state index contributed by atoms with van der Waals surface area (Å²) in [6, 6.07) is 8.80. The van der Waals surface area contributed by atoms with E-state index in [-0.39, 0.29) is 6.04 Å². The van der Waals surface area contributed by atoms with E-state index in [2.05, 4.69) is 31.2 Å². The maximum Gasteiger partial charge on any atom is 0.0700 e. The van der Waals surface area contributed by atoms with Crippen LogP contribution in [-0.4, -0.2) is 33.0 Å². The molecule has 0 heterocycles. The molecule has 0 amide bonds. The summed E-state index contributed by atoms with van der Waals surface area (Å²) in [4.78, 5) is 0. The molecule has 3 heteroatoms. The Labute approximate surface area is 110 Å². The normalized spacial score (nSPS) is 12.6. The van der Waals surface area contributed by atoms with E-state index in [0.717, 1.165) is 25.9 Å². The van der Waals surface area contributed by atoms with Crippen LogP contribution in [0.25, 0.3) is 0 Å². The van der Waals surface area contributed by atoms with Crippen LogP contribution in [-0.2, 0) is 15.9 Å². The van der Waals surface area contributed by atoms with E-state index in [9.17, 15) is 0 Å². The molecule has 0 bridgehead atoms. The highest BCUT2D eigenvalue weighted by molar-refractivity contribution is 5.21. The van der Waals surface area contributed by atoms with Gasteiger partial charge in [0.2, 0.25) is 0 Å². The van der Waals surface area contributed by atoms with Crippen molar-refractivity contribution in [2.45, 2.75) is 32.2 Å². The minimum absolute atomic E-state index is 0.221. The number of hydrogen-bond donors (Lipinski definition) is 1. The molecule has 0 aliphatic rings. The van der Waals surface area contributed by atoms with Crippen molar-refractivity contribution in [1.29, 1.82) is 0 Å². The van der Waals surface area contributed by atoms with Crippen LogP contribution in [0.4, 0.5) is 0 Å². The molecule has 0 radical (unpaired) electrons. The van der Waals surface area contributed by atoms with Crippen LogP contribution in [0.1, 0.15) is 24.0 Å². The molecule has 0 saturated heterocycles. The largest absolute Gasteiger partial charge is 0.382 e. The zero-order valence-corrected chi connectivity index (χ0v) is 11.5. The molecule has 0 aromatic heterocycles. The number of hydrogen-bond acceptors (Lipinski definition) is 3. The minimum atomic E-state index is 0.221. The van der Waals surface area contributed by atoms with Gasteiger partial charge in [0.05, 0.1) is 13.2 Å². The fourth-order valence-corrected chi connectivity index (χ4v) is 1.82. The van der Waals surface area contributed by atoms with Crippen LogP contribution in [0.2, 0.25) is 0 Å². The number of nitrogens with two attached hydrogens (primary N) is 1. The van der Waals surface area contributed by atoms with E-state index in [0.29, 0.717) is 13.2 Å². The van der Waals surface area contributed by atoms with Gasteiger partial charge in [0.25, 0.3) is 0 Å². The molecule has 0 aliphatic heterocycles. The van der Waals surface area contributed by atoms with Gasteiger partial charge in [-0.2, -0.15) is 0 Å². The Morgan fingerprint density at radius 3 is 2.50 bits per heavy atom. The molecule has 1 atom stereocenters. The summed E-state index contributed by atoms with van der Waals surface area (Å²) in [6.45, 7) is 4.20. The fraction of sp³-hybridized carbons (Fsp3) is 0.600. The smallest absolute Gasteiger partial charge is 0.0700 e.